The number of nitrogens with zero attached hydrogens (tertiary/aromatic N) is 4. The van der Waals surface area contributed by atoms with E-state index in [9.17, 15) is 9.59 Å². The highest BCUT2D eigenvalue weighted by Crippen LogP contribution is 2.35. The first-order valence-electron chi connectivity index (χ1n) is 13.0. The van der Waals surface area contributed by atoms with E-state index >= 15 is 0 Å². The fourth-order valence-corrected chi connectivity index (χ4v) is 5.36. The maximum atomic E-state index is 13.7. The Morgan fingerprint density at radius 2 is 1.76 bits per heavy atom. The van der Waals surface area contributed by atoms with Crippen molar-refractivity contribution in [3.8, 4) is 16.9 Å². The van der Waals surface area contributed by atoms with Crippen molar-refractivity contribution < 1.29 is 14.3 Å². The molecule has 1 atom stereocenters. The number of carbonyl (C=O) groups excluding carboxylic acids is 2. The molecule has 1 unspecified atom stereocenters. The molecular weight excluding hydrogens is 500 g/mol. The first-order valence-corrected chi connectivity index (χ1v) is 13.4. The van der Waals surface area contributed by atoms with Gasteiger partial charge in [-0.25, -0.2) is 4.98 Å². The van der Waals surface area contributed by atoms with Crippen molar-refractivity contribution >= 4 is 29.1 Å². The highest BCUT2D eigenvalue weighted by atomic mass is 35.5. The Hall–Kier alpha value is -3.42. The van der Waals surface area contributed by atoms with Crippen LogP contribution in [0.1, 0.15) is 35.6 Å². The molecule has 2 aromatic carbocycles. The molecule has 0 N–H and O–H groups in total. The second kappa shape index (κ2) is 11.1. The number of pyridine rings is 1. The van der Waals surface area contributed by atoms with Crippen molar-refractivity contribution in [2.24, 2.45) is 0 Å². The van der Waals surface area contributed by atoms with E-state index in [1.54, 1.807) is 16.0 Å². The van der Waals surface area contributed by atoms with Gasteiger partial charge in [-0.1, -0.05) is 35.9 Å². The number of hydrogen-bond acceptors (Lipinski definition) is 5. The van der Waals surface area contributed by atoms with Crippen LogP contribution in [-0.2, 0) is 9.59 Å². The van der Waals surface area contributed by atoms with Gasteiger partial charge in [0.1, 0.15) is 17.4 Å². The molecule has 0 saturated carbocycles. The molecule has 2 aliphatic heterocycles. The number of halogens is 1. The molecule has 0 aliphatic carbocycles. The Morgan fingerprint density at radius 3 is 2.47 bits per heavy atom. The topological polar surface area (TPSA) is 66.0 Å². The molecule has 3 heterocycles. The molecule has 3 aromatic rings. The number of benzene rings is 2. The zero-order chi connectivity index (χ0) is 26.8. The van der Waals surface area contributed by atoms with Gasteiger partial charge in [-0.3, -0.25) is 14.5 Å². The van der Waals surface area contributed by atoms with Crippen molar-refractivity contribution in [2.75, 3.05) is 44.7 Å². The summed E-state index contributed by atoms with van der Waals surface area (Å²) in [5, 5.41) is 0.452. The Morgan fingerprint density at radius 1 is 1.05 bits per heavy atom. The monoisotopic (exact) mass is 532 g/mol. The number of amides is 2. The molecule has 0 spiro atoms. The van der Waals surface area contributed by atoms with Crippen LogP contribution in [0.15, 0.2) is 54.7 Å². The van der Waals surface area contributed by atoms with Crippen LogP contribution in [0.4, 0.5) is 5.69 Å². The Kier molecular flexibility index (Phi) is 7.68. The van der Waals surface area contributed by atoms with Crippen LogP contribution >= 0.6 is 11.6 Å². The summed E-state index contributed by atoms with van der Waals surface area (Å²) >= 11 is 6.09. The first kappa shape index (κ1) is 26.2. The number of anilines is 1. The van der Waals surface area contributed by atoms with Crippen LogP contribution in [0, 0.1) is 13.8 Å². The van der Waals surface area contributed by atoms with Crippen LogP contribution in [0.5, 0.6) is 5.75 Å². The van der Waals surface area contributed by atoms with Gasteiger partial charge in [-0.2, -0.15) is 0 Å². The van der Waals surface area contributed by atoms with E-state index in [0.29, 0.717) is 16.6 Å². The van der Waals surface area contributed by atoms with E-state index < -0.39 is 0 Å². The number of aromatic nitrogens is 1. The van der Waals surface area contributed by atoms with Gasteiger partial charge in [0, 0.05) is 19.8 Å². The SMILES string of the molecule is Cc1cc2c(cc1C)N(CC(=O)N(C)C(CN1CCCC1)c1ccc(-c3ccnc(Cl)c3)cc1)C(=O)CO2. The molecule has 2 amide bonds. The maximum absolute atomic E-state index is 13.7. The Labute approximate surface area is 229 Å². The van der Waals surface area contributed by atoms with Crippen LogP contribution in [0.25, 0.3) is 11.1 Å². The van der Waals surface area contributed by atoms with E-state index in [1.807, 2.05) is 45.2 Å². The highest BCUT2D eigenvalue weighted by molar-refractivity contribution is 6.29. The standard InChI is InChI=1S/C30H33ClN4O3/c1-20-14-25-27(15-21(20)2)38-19-30(37)35(25)18-29(36)33(3)26(17-34-12-4-5-13-34)23-8-6-22(7-9-23)24-10-11-32-28(31)16-24/h6-11,14-16,26H,4-5,12-13,17-19H2,1-3H3. The lowest BCUT2D eigenvalue weighted by atomic mass is 10.00. The minimum Gasteiger partial charge on any atom is -0.482 e. The quantitative estimate of drug-likeness (QED) is 0.399. The summed E-state index contributed by atoms with van der Waals surface area (Å²) in [6.45, 7) is 6.71. The third-order valence-corrected chi connectivity index (χ3v) is 7.86. The average Bonchev–Trinajstić information content (AvgIpc) is 3.43. The number of aryl methyl sites for hydroxylation is 2. The smallest absolute Gasteiger partial charge is 0.265 e. The van der Waals surface area contributed by atoms with Crippen molar-refractivity contribution in [2.45, 2.75) is 32.7 Å². The van der Waals surface area contributed by atoms with E-state index in [1.165, 1.54) is 12.8 Å². The van der Waals surface area contributed by atoms with Crippen molar-refractivity contribution in [1.82, 2.24) is 14.8 Å². The molecular formula is C30H33ClN4O3. The van der Waals surface area contributed by atoms with Crippen molar-refractivity contribution in [3.63, 3.8) is 0 Å². The summed E-state index contributed by atoms with van der Waals surface area (Å²) in [7, 11) is 1.84. The van der Waals surface area contributed by atoms with Gasteiger partial charge < -0.3 is 14.5 Å². The Bertz CT molecular complexity index is 1340. The molecule has 198 valence electrons. The van der Waals surface area contributed by atoms with Gasteiger partial charge in [0.15, 0.2) is 6.61 Å². The number of likely N-dealkylation sites (N-methyl/N-ethyl adjacent to an activating group) is 1. The van der Waals surface area contributed by atoms with Crippen LogP contribution in [0.3, 0.4) is 0 Å². The lowest BCUT2D eigenvalue weighted by Gasteiger charge is -2.35. The number of rotatable bonds is 7. The van der Waals surface area contributed by atoms with Crippen LogP contribution < -0.4 is 9.64 Å². The third-order valence-electron chi connectivity index (χ3n) is 7.66. The average molecular weight is 533 g/mol. The normalized spacial score (nSPS) is 16.2. The third kappa shape index (κ3) is 5.54. The number of ether oxygens (including phenoxy) is 1. The molecule has 2 aliphatic rings. The molecule has 0 radical (unpaired) electrons. The second-order valence-electron chi connectivity index (χ2n) is 10.2. The van der Waals surface area contributed by atoms with Gasteiger partial charge in [-0.15, -0.1) is 0 Å². The summed E-state index contributed by atoms with van der Waals surface area (Å²) in [4.78, 5) is 36.3. The first-order chi connectivity index (χ1) is 18.3. The van der Waals surface area contributed by atoms with Crippen LogP contribution in [-0.4, -0.2) is 66.4 Å². The zero-order valence-electron chi connectivity index (χ0n) is 22.1. The highest BCUT2D eigenvalue weighted by Gasteiger charge is 2.32. The van der Waals surface area contributed by atoms with Crippen molar-refractivity contribution in [1.29, 1.82) is 0 Å². The Balaban J connectivity index is 1.39. The summed E-state index contributed by atoms with van der Waals surface area (Å²) < 4.78 is 5.67. The lowest BCUT2D eigenvalue weighted by Crippen LogP contribution is -2.47. The number of carbonyl (C=O) groups is 2. The maximum Gasteiger partial charge on any atom is 0.265 e. The lowest BCUT2D eigenvalue weighted by molar-refractivity contribution is -0.133. The van der Waals surface area contributed by atoms with Gasteiger partial charge in [0.05, 0.1) is 11.7 Å². The fourth-order valence-electron chi connectivity index (χ4n) is 5.19. The molecule has 5 rings (SSSR count). The van der Waals surface area contributed by atoms with E-state index in [-0.39, 0.29) is 31.0 Å². The van der Waals surface area contributed by atoms with Gasteiger partial charge >= 0.3 is 0 Å². The summed E-state index contributed by atoms with van der Waals surface area (Å²) in [6, 6.07) is 15.8. The molecule has 7 nitrogen and oxygen atoms in total. The van der Waals surface area contributed by atoms with E-state index in [0.717, 1.165) is 47.5 Å². The summed E-state index contributed by atoms with van der Waals surface area (Å²) in [5.74, 6) is 0.321. The van der Waals surface area contributed by atoms with E-state index in [2.05, 4.69) is 34.1 Å². The molecule has 8 heteroatoms. The van der Waals surface area contributed by atoms with E-state index in [4.69, 9.17) is 16.3 Å². The number of hydrogen-bond donors (Lipinski definition) is 0. The fraction of sp³-hybridized carbons (Fsp3) is 0.367. The van der Waals surface area contributed by atoms with Gasteiger partial charge in [0.25, 0.3) is 5.91 Å². The predicted molar refractivity (Wildman–Crippen MR) is 150 cm³/mol. The summed E-state index contributed by atoms with van der Waals surface area (Å²) in [5.41, 5.74) is 5.87. The predicted octanol–water partition coefficient (Wildman–Crippen LogP) is 5.04. The number of fused-ring (bicyclic) bond motifs is 1. The minimum atomic E-state index is -0.209. The second-order valence-corrected chi connectivity index (χ2v) is 10.6. The molecule has 1 aromatic heterocycles. The van der Waals surface area contributed by atoms with Crippen LogP contribution in [0.2, 0.25) is 5.15 Å². The molecule has 38 heavy (non-hydrogen) atoms. The summed E-state index contributed by atoms with van der Waals surface area (Å²) in [6.07, 6.45) is 4.04. The largest absolute Gasteiger partial charge is 0.482 e. The molecule has 1 fully saturated rings. The van der Waals surface area contributed by atoms with Crippen molar-refractivity contribution in [3.05, 3.63) is 76.6 Å². The molecule has 0 bridgehead atoms. The van der Waals surface area contributed by atoms with Gasteiger partial charge in [-0.05, 0) is 91.9 Å². The number of likely N-dealkylation sites (tertiary alicyclic amines) is 1. The van der Waals surface area contributed by atoms with Gasteiger partial charge in [0.2, 0.25) is 5.91 Å². The molecule has 1 saturated heterocycles. The minimum absolute atomic E-state index is 0.0295. The zero-order valence-corrected chi connectivity index (χ0v) is 22.9.